The maximum atomic E-state index is 13.4. The Morgan fingerprint density at radius 1 is 0.846 bits per heavy atom. The highest BCUT2D eigenvalue weighted by atomic mass is 19.1. The highest BCUT2D eigenvalue weighted by molar-refractivity contribution is 5.79. The second kappa shape index (κ2) is 12.2. The lowest BCUT2D eigenvalue weighted by Crippen LogP contribution is -2.45. The number of hydrogen-bond donors (Lipinski definition) is 0. The van der Waals surface area contributed by atoms with Crippen LogP contribution >= 0.6 is 0 Å². The van der Waals surface area contributed by atoms with Gasteiger partial charge in [0.1, 0.15) is 11.6 Å². The minimum Gasteiger partial charge on any atom is -0.494 e. The first-order valence-corrected chi connectivity index (χ1v) is 14.2. The first-order chi connectivity index (χ1) is 19.2. The highest BCUT2D eigenvalue weighted by Gasteiger charge is 2.25. The lowest BCUT2D eigenvalue weighted by atomic mass is 9.91. The van der Waals surface area contributed by atoms with Gasteiger partial charge in [-0.15, -0.1) is 0 Å². The molecule has 0 aliphatic carbocycles. The van der Waals surface area contributed by atoms with Gasteiger partial charge in [-0.3, -0.25) is 4.90 Å². The van der Waals surface area contributed by atoms with Gasteiger partial charge in [0, 0.05) is 62.3 Å². The third-order valence-electron chi connectivity index (χ3n) is 8.15. The van der Waals surface area contributed by atoms with E-state index in [2.05, 4.69) is 74.5 Å². The van der Waals surface area contributed by atoms with Crippen LogP contribution in [0.3, 0.4) is 0 Å². The number of ether oxygens (including phenoxy) is 1. The smallest absolute Gasteiger partial charge is 0.170 e. The Morgan fingerprint density at radius 2 is 1.62 bits per heavy atom. The van der Waals surface area contributed by atoms with E-state index < -0.39 is 0 Å². The van der Waals surface area contributed by atoms with Gasteiger partial charge >= 0.3 is 0 Å². The fourth-order valence-corrected chi connectivity index (χ4v) is 5.89. The molecule has 2 aliphatic heterocycles. The molecule has 204 valence electrons. The van der Waals surface area contributed by atoms with E-state index in [1.165, 1.54) is 23.4 Å². The normalized spacial score (nSPS) is 17.6. The first kappa shape index (κ1) is 25.8. The van der Waals surface area contributed by atoms with E-state index in [-0.39, 0.29) is 5.82 Å². The summed E-state index contributed by atoms with van der Waals surface area (Å²) in [4.78, 5) is 7.50. The number of piperazine rings is 1. The molecule has 2 fully saturated rings. The standard InChI is InChI=1S/C32H37FN4O2/c33-27-9-12-30-31(23-27)39-34-32(30)26-13-16-35(17-14-26)15-4-22-38-29-10-7-25(8-11-29)24-36-18-20-37(21-19-36)28-5-2-1-3-6-28/h1-3,5-12,23,26H,4,13-22,24H2. The Balaban J connectivity index is 0.883. The summed E-state index contributed by atoms with van der Waals surface area (Å²) >= 11 is 0. The maximum absolute atomic E-state index is 13.4. The molecule has 7 heteroatoms. The van der Waals surface area contributed by atoms with Crippen LogP contribution in [0.1, 0.15) is 36.4 Å². The van der Waals surface area contributed by atoms with Crippen molar-refractivity contribution < 1.29 is 13.7 Å². The third kappa shape index (κ3) is 6.43. The van der Waals surface area contributed by atoms with E-state index in [0.29, 0.717) is 11.5 Å². The van der Waals surface area contributed by atoms with Crippen molar-refractivity contribution in [3.8, 4) is 5.75 Å². The predicted octanol–water partition coefficient (Wildman–Crippen LogP) is 5.94. The lowest BCUT2D eigenvalue weighted by molar-refractivity contribution is 0.191. The van der Waals surface area contributed by atoms with Crippen molar-refractivity contribution in [2.75, 3.05) is 57.3 Å². The number of fused-ring (bicyclic) bond motifs is 1. The molecule has 6 nitrogen and oxygen atoms in total. The summed E-state index contributed by atoms with van der Waals surface area (Å²) in [5.74, 6) is 1.03. The van der Waals surface area contributed by atoms with Gasteiger partial charge < -0.3 is 19.1 Å². The minimum absolute atomic E-state index is 0.286. The molecule has 3 heterocycles. The molecule has 0 amide bonds. The average molecular weight is 529 g/mol. The number of halogens is 1. The molecule has 0 bridgehead atoms. The third-order valence-corrected chi connectivity index (χ3v) is 8.15. The zero-order valence-electron chi connectivity index (χ0n) is 22.5. The molecule has 4 aromatic rings. The molecular weight excluding hydrogens is 491 g/mol. The van der Waals surface area contributed by atoms with Gasteiger partial charge in [0.25, 0.3) is 0 Å². The fraction of sp³-hybridized carbons (Fsp3) is 0.406. The predicted molar refractivity (Wildman–Crippen MR) is 153 cm³/mol. The van der Waals surface area contributed by atoms with Gasteiger partial charge in [0.2, 0.25) is 0 Å². The minimum atomic E-state index is -0.286. The quantitative estimate of drug-likeness (QED) is 0.251. The number of benzene rings is 3. The van der Waals surface area contributed by atoms with Gasteiger partial charge in [-0.2, -0.15) is 0 Å². The Kier molecular flexibility index (Phi) is 8.07. The Bertz CT molecular complexity index is 1330. The van der Waals surface area contributed by atoms with Crippen LogP contribution in [0.2, 0.25) is 0 Å². The van der Waals surface area contributed by atoms with Crippen molar-refractivity contribution in [2.45, 2.75) is 31.7 Å². The van der Waals surface area contributed by atoms with Crippen LogP contribution in [-0.2, 0) is 6.54 Å². The lowest BCUT2D eigenvalue weighted by Gasteiger charge is -2.36. The molecule has 39 heavy (non-hydrogen) atoms. The molecule has 2 saturated heterocycles. The fourth-order valence-electron chi connectivity index (χ4n) is 5.89. The number of piperidine rings is 1. The maximum Gasteiger partial charge on any atom is 0.170 e. The van der Waals surface area contributed by atoms with E-state index in [1.54, 1.807) is 6.07 Å². The SMILES string of the molecule is Fc1ccc2c(C3CCN(CCCOc4ccc(CN5CCN(c6ccccc6)CC5)cc4)CC3)noc2c1. The Labute approximate surface area is 229 Å². The van der Waals surface area contributed by atoms with Gasteiger partial charge in [-0.05, 0) is 74.3 Å². The van der Waals surface area contributed by atoms with Crippen LogP contribution < -0.4 is 9.64 Å². The number of likely N-dealkylation sites (tertiary alicyclic amines) is 1. The van der Waals surface area contributed by atoms with Crippen molar-refractivity contribution in [1.29, 1.82) is 0 Å². The van der Waals surface area contributed by atoms with Gasteiger partial charge in [0.15, 0.2) is 5.58 Å². The topological polar surface area (TPSA) is 45.0 Å². The van der Waals surface area contributed by atoms with Gasteiger partial charge in [-0.1, -0.05) is 35.5 Å². The average Bonchev–Trinajstić information content (AvgIpc) is 3.40. The molecule has 2 aliphatic rings. The molecule has 0 atom stereocenters. The molecule has 3 aromatic carbocycles. The second-order valence-electron chi connectivity index (χ2n) is 10.8. The van der Waals surface area contributed by atoms with Crippen molar-refractivity contribution in [1.82, 2.24) is 15.0 Å². The molecule has 0 saturated carbocycles. The number of hydrogen-bond acceptors (Lipinski definition) is 6. The summed E-state index contributed by atoms with van der Waals surface area (Å²) in [5.41, 5.74) is 4.18. The monoisotopic (exact) mass is 528 g/mol. The van der Waals surface area contributed by atoms with E-state index >= 15 is 0 Å². The van der Waals surface area contributed by atoms with Gasteiger partial charge in [0.05, 0.1) is 12.3 Å². The molecule has 0 radical (unpaired) electrons. The van der Waals surface area contributed by atoms with Crippen molar-refractivity contribution in [2.24, 2.45) is 0 Å². The Hall–Kier alpha value is -3.42. The molecular formula is C32H37FN4O2. The van der Waals surface area contributed by atoms with E-state index in [9.17, 15) is 4.39 Å². The summed E-state index contributed by atoms with van der Waals surface area (Å²) in [6.07, 6.45) is 3.09. The second-order valence-corrected chi connectivity index (χ2v) is 10.8. The summed E-state index contributed by atoms with van der Waals surface area (Å²) in [6, 6.07) is 24.0. The van der Waals surface area contributed by atoms with E-state index in [1.807, 2.05) is 0 Å². The number of para-hydroxylation sites is 1. The summed E-state index contributed by atoms with van der Waals surface area (Å²) in [6.45, 7) is 9.12. The van der Waals surface area contributed by atoms with Crippen LogP contribution in [0.25, 0.3) is 11.0 Å². The number of aromatic nitrogens is 1. The summed E-state index contributed by atoms with van der Waals surface area (Å²) < 4.78 is 24.9. The number of nitrogens with zero attached hydrogens (tertiary/aromatic N) is 4. The van der Waals surface area contributed by atoms with Crippen molar-refractivity contribution in [3.63, 3.8) is 0 Å². The van der Waals surface area contributed by atoms with Crippen LogP contribution in [0.5, 0.6) is 5.75 Å². The van der Waals surface area contributed by atoms with E-state index in [0.717, 1.165) is 95.1 Å². The number of rotatable bonds is 9. The summed E-state index contributed by atoms with van der Waals surface area (Å²) in [5, 5.41) is 5.21. The number of anilines is 1. The van der Waals surface area contributed by atoms with Crippen LogP contribution in [0.15, 0.2) is 77.3 Å². The summed E-state index contributed by atoms with van der Waals surface area (Å²) in [7, 11) is 0. The molecule has 6 rings (SSSR count). The Morgan fingerprint density at radius 3 is 2.38 bits per heavy atom. The van der Waals surface area contributed by atoms with Crippen molar-refractivity contribution >= 4 is 16.7 Å². The first-order valence-electron chi connectivity index (χ1n) is 14.2. The molecule has 0 unspecified atom stereocenters. The molecule has 0 N–H and O–H groups in total. The molecule has 1 aromatic heterocycles. The van der Waals surface area contributed by atoms with Gasteiger partial charge in [-0.25, -0.2) is 4.39 Å². The highest BCUT2D eigenvalue weighted by Crippen LogP contribution is 2.32. The largest absolute Gasteiger partial charge is 0.494 e. The zero-order valence-corrected chi connectivity index (χ0v) is 22.5. The van der Waals surface area contributed by atoms with Crippen LogP contribution in [-0.4, -0.2) is 67.4 Å². The van der Waals surface area contributed by atoms with E-state index in [4.69, 9.17) is 9.26 Å². The molecule has 0 spiro atoms. The van der Waals surface area contributed by atoms with Crippen molar-refractivity contribution in [3.05, 3.63) is 89.9 Å². The zero-order chi connectivity index (χ0) is 26.4. The van der Waals surface area contributed by atoms with Crippen LogP contribution in [0.4, 0.5) is 10.1 Å². The van der Waals surface area contributed by atoms with Crippen LogP contribution in [0, 0.1) is 5.82 Å².